The van der Waals surface area contributed by atoms with Gasteiger partial charge in [-0.25, -0.2) is 9.97 Å². The predicted octanol–water partition coefficient (Wildman–Crippen LogP) is 3.94. The molecule has 0 atom stereocenters. The molecule has 2 N–H and O–H groups in total. The van der Waals surface area contributed by atoms with Gasteiger partial charge in [0.1, 0.15) is 17.5 Å². The third kappa shape index (κ3) is 4.15. The number of carbonyl (C=O) groups excluding carboxylic acids is 1. The maximum absolute atomic E-state index is 13.1. The highest BCUT2D eigenvalue weighted by molar-refractivity contribution is 7.22. The van der Waals surface area contributed by atoms with E-state index in [2.05, 4.69) is 20.6 Å². The van der Waals surface area contributed by atoms with Crippen LogP contribution in [0, 0.1) is 18.3 Å². The normalized spacial score (nSPS) is 11.2. The second-order valence-corrected chi connectivity index (χ2v) is 6.56. The first-order chi connectivity index (χ1) is 12.8. The molecule has 0 aliphatic heterocycles. The van der Waals surface area contributed by atoms with Gasteiger partial charge in [-0.1, -0.05) is 23.5 Å². The summed E-state index contributed by atoms with van der Waals surface area (Å²) in [6, 6.07) is 9.62. The second kappa shape index (κ2) is 7.20. The van der Waals surface area contributed by atoms with Crippen LogP contribution in [0.25, 0.3) is 10.2 Å². The molecule has 1 amide bonds. The van der Waals surface area contributed by atoms with Crippen molar-refractivity contribution in [1.82, 2.24) is 9.97 Å². The van der Waals surface area contributed by atoms with E-state index in [1.54, 1.807) is 6.07 Å². The fourth-order valence-electron chi connectivity index (χ4n) is 2.39. The topological polar surface area (TPSA) is 90.7 Å². The number of benzene rings is 1. The van der Waals surface area contributed by atoms with Crippen LogP contribution in [0.3, 0.4) is 0 Å². The Labute approximate surface area is 155 Å². The van der Waals surface area contributed by atoms with Crippen molar-refractivity contribution in [2.24, 2.45) is 0 Å². The molecule has 6 nitrogen and oxygen atoms in total. The number of aromatic nitrogens is 2. The van der Waals surface area contributed by atoms with Crippen LogP contribution >= 0.6 is 11.3 Å². The lowest BCUT2D eigenvalue weighted by Gasteiger charge is -2.14. The van der Waals surface area contributed by atoms with Crippen molar-refractivity contribution in [3.05, 3.63) is 47.2 Å². The van der Waals surface area contributed by atoms with Crippen molar-refractivity contribution in [3.63, 3.8) is 0 Å². The summed E-state index contributed by atoms with van der Waals surface area (Å²) in [6.07, 6.45) is -4.70. The molecule has 3 rings (SSSR count). The van der Waals surface area contributed by atoms with Crippen molar-refractivity contribution in [1.29, 1.82) is 5.26 Å². The molecule has 1 aromatic carbocycles. The number of fused-ring (bicyclic) bond motifs is 1. The lowest BCUT2D eigenvalue weighted by molar-refractivity contribution is -0.137. The first-order valence-corrected chi connectivity index (χ1v) is 8.48. The molecular weight excluding hydrogens is 379 g/mol. The number of nitriles is 1. The largest absolute Gasteiger partial charge is 0.417 e. The fraction of sp³-hybridized carbons (Fsp3) is 0.176. The SMILES string of the molecule is Cc1cc(C(F)(F)F)c(C#N)c(NCC(=O)Nc2nc3ccccc3s2)n1. The van der Waals surface area contributed by atoms with Gasteiger partial charge in [-0.2, -0.15) is 18.4 Å². The van der Waals surface area contributed by atoms with E-state index in [1.807, 2.05) is 18.2 Å². The summed E-state index contributed by atoms with van der Waals surface area (Å²) < 4.78 is 40.2. The number of carbonyl (C=O) groups is 1. The predicted molar refractivity (Wildman–Crippen MR) is 95.4 cm³/mol. The number of amides is 1. The van der Waals surface area contributed by atoms with Crippen molar-refractivity contribution >= 4 is 38.4 Å². The van der Waals surface area contributed by atoms with E-state index in [-0.39, 0.29) is 18.1 Å². The van der Waals surface area contributed by atoms with Gasteiger partial charge in [0, 0.05) is 5.69 Å². The Morgan fingerprint density at radius 1 is 1.30 bits per heavy atom. The summed E-state index contributed by atoms with van der Waals surface area (Å²) in [7, 11) is 0. The lowest BCUT2D eigenvalue weighted by Crippen LogP contribution is -2.23. The van der Waals surface area contributed by atoms with Crippen LogP contribution in [-0.2, 0) is 11.0 Å². The zero-order valence-corrected chi connectivity index (χ0v) is 14.7. The van der Waals surface area contributed by atoms with Crippen LogP contribution in [0.1, 0.15) is 16.8 Å². The highest BCUT2D eigenvalue weighted by Gasteiger charge is 2.35. The van der Waals surface area contributed by atoms with Crippen molar-refractivity contribution in [2.45, 2.75) is 13.1 Å². The molecule has 0 aliphatic rings. The molecular formula is C17H12F3N5OS. The van der Waals surface area contributed by atoms with E-state index in [0.717, 1.165) is 16.3 Å². The van der Waals surface area contributed by atoms with Crippen LogP contribution in [0.15, 0.2) is 30.3 Å². The number of nitrogens with zero attached hydrogens (tertiary/aromatic N) is 3. The average molecular weight is 391 g/mol. The first-order valence-electron chi connectivity index (χ1n) is 7.66. The van der Waals surface area contributed by atoms with Crippen LogP contribution in [-0.4, -0.2) is 22.4 Å². The Morgan fingerprint density at radius 2 is 2.04 bits per heavy atom. The summed E-state index contributed by atoms with van der Waals surface area (Å²) in [5.74, 6) is -0.806. The van der Waals surface area contributed by atoms with Gasteiger partial charge in [-0.05, 0) is 25.1 Å². The Hall–Kier alpha value is -3.19. The molecule has 27 heavy (non-hydrogen) atoms. The number of para-hydroxylation sites is 1. The summed E-state index contributed by atoms with van der Waals surface area (Å²) in [5, 5.41) is 14.5. The molecule has 0 saturated heterocycles. The molecule has 0 fully saturated rings. The molecule has 0 saturated carbocycles. The fourth-order valence-corrected chi connectivity index (χ4v) is 3.27. The summed E-state index contributed by atoms with van der Waals surface area (Å²) >= 11 is 1.28. The third-order valence-electron chi connectivity index (χ3n) is 3.52. The summed E-state index contributed by atoms with van der Waals surface area (Å²) in [4.78, 5) is 20.2. The van der Waals surface area contributed by atoms with Crippen molar-refractivity contribution in [3.8, 4) is 6.07 Å². The molecule has 0 radical (unpaired) electrons. The van der Waals surface area contributed by atoms with Crippen LogP contribution in [0.4, 0.5) is 24.1 Å². The Balaban J connectivity index is 1.75. The van der Waals surface area contributed by atoms with E-state index < -0.39 is 23.2 Å². The highest BCUT2D eigenvalue weighted by Crippen LogP contribution is 2.34. The van der Waals surface area contributed by atoms with E-state index in [9.17, 15) is 18.0 Å². The monoisotopic (exact) mass is 391 g/mol. The number of pyridine rings is 1. The van der Waals surface area contributed by atoms with Gasteiger partial charge in [-0.3, -0.25) is 4.79 Å². The number of hydrogen-bond donors (Lipinski definition) is 2. The quantitative estimate of drug-likeness (QED) is 0.703. The molecule has 2 aromatic heterocycles. The first kappa shape index (κ1) is 18.6. The summed E-state index contributed by atoms with van der Waals surface area (Å²) in [5.41, 5.74) is -0.935. The minimum atomic E-state index is -4.70. The molecule has 138 valence electrons. The Kier molecular flexibility index (Phi) is 4.96. The minimum Gasteiger partial charge on any atom is -0.360 e. The third-order valence-corrected chi connectivity index (χ3v) is 4.47. The standard InChI is InChI=1S/C17H12F3N5OS/c1-9-6-11(17(18,19)20)10(7-21)15(23-9)22-8-14(26)25-16-24-12-4-2-3-5-13(12)27-16/h2-6H,8H2,1H3,(H,22,23)(H,24,25,26). The molecule has 0 aliphatic carbocycles. The van der Waals surface area contributed by atoms with Crippen LogP contribution in [0.5, 0.6) is 0 Å². The van der Waals surface area contributed by atoms with Gasteiger partial charge in [0.25, 0.3) is 0 Å². The van der Waals surface area contributed by atoms with Crippen LogP contribution < -0.4 is 10.6 Å². The Morgan fingerprint density at radius 3 is 2.70 bits per heavy atom. The zero-order chi connectivity index (χ0) is 19.6. The van der Waals surface area contributed by atoms with E-state index >= 15 is 0 Å². The molecule has 10 heteroatoms. The van der Waals surface area contributed by atoms with Gasteiger partial charge in [0.15, 0.2) is 5.13 Å². The maximum atomic E-state index is 13.1. The van der Waals surface area contributed by atoms with Gasteiger partial charge in [-0.15, -0.1) is 0 Å². The molecule has 0 bridgehead atoms. The Bertz CT molecular complexity index is 1020. The number of halogens is 3. The number of thiazole rings is 1. The van der Waals surface area contributed by atoms with Crippen molar-refractivity contribution < 1.29 is 18.0 Å². The van der Waals surface area contributed by atoms with Gasteiger partial charge >= 0.3 is 6.18 Å². The molecule has 0 unspecified atom stereocenters. The second-order valence-electron chi connectivity index (χ2n) is 5.53. The number of aryl methyl sites for hydroxylation is 1. The number of hydrogen-bond acceptors (Lipinski definition) is 6. The molecule has 0 spiro atoms. The maximum Gasteiger partial charge on any atom is 0.417 e. The van der Waals surface area contributed by atoms with E-state index in [0.29, 0.717) is 5.13 Å². The highest BCUT2D eigenvalue weighted by atomic mass is 32.1. The smallest absolute Gasteiger partial charge is 0.360 e. The number of anilines is 2. The number of alkyl halides is 3. The lowest BCUT2D eigenvalue weighted by atomic mass is 10.1. The zero-order valence-electron chi connectivity index (χ0n) is 13.9. The molecule has 2 heterocycles. The van der Waals surface area contributed by atoms with Gasteiger partial charge in [0.05, 0.1) is 22.3 Å². The minimum absolute atomic E-state index is 0.0791. The average Bonchev–Trinajstić information content (AvgIpc) is 3.00. The molecule has 3 aromatic rings. The number of rotatable bonds is 4. The van der Waals surface area contributed by atoms with Crippen molar-refractivity contribution in [2.75, 3.05) is 17.2 Å². The van der Waals surface area contributed by atoms with Gasteiger partial charge in [0.2, 0.25) is 5.91 Å². The summed E-state index contributed by atoms with van der Waals surface area (Å²) in [6.45, 7) is 1.02. The van der Waals surface area contributed by atoms with Crippen LogP contribution in [0.2, 0.25) is 0 Å². The van der Waals surface area contributed by atoms with E-state index in [1.165, 1.54) is 24.3 Å². The number of nitrogens with one attached hydrogen (secondary N) is 2. The van der Waals surface area contributed by atoms with E-state index in [4.69, 9.17) is 5.26 Å². The van der Waals surface area contributed by atoms with Gasteiger partial charge < -0.3 is 10.6 Å².